The van der Waals surface area contributed by atoms with Crippen LogP contribution in [0.15, 0.2) is 44.7 Å². The summed E-state index contributed by atoms with van der Waals surface area (Å²) in [5.41, 5.74) is -5.71. The van der Waals surface area contributed by atoms with Gasteiger partial charge in [0, 0.05) is 6.20 Å². The lowest BCUT2D eigenvalue weighted by atomic mass is 10.2. The van der Waals surface area contributed by atoms with Gasteiger partial charge in [0.2, 0.25) is 5.89 Å². The van der Waals surface area contributed by atoms with Crippen LogP contribution in [0.1, 0.15) is 17.3 Å². The summed E-state index contributed by atoms with van der Waals surface area (Å²) in [6, 6.07) is 3.88. The number of halogens is 3. The monoisotopic (exact) mass is 448 g/mol. The zero-order valence-electron chi connectivity index (χ0n) is 14.4. The summed E-state index contributed by atoms with van der Waals surface area (Å²) >= 11 is 0. The molecule has 1 unspecified atom stereocenters. The Morgan fingerprint density at radius 3 is 2.55 bits per heavy atom. The Morgan fingerprint density at radius 2 is 1.97 bits per heavy atom. The molecule has 0 saturated heterocycles. The molecule has 29 heavy (non-hydrogen) atoms. The summed E-state index contributed by atoms with van der Waals surface area (Å²) in [4.78, 5) is 17.9. The largest absolute Gasteiger partial charge is 0.478 e. The third-order valence-electron chi connectivity index (χ3n) is 3.80. The summed E-state index contributed by atoms with van der Waals surface area (Å²) in [6.45, 7) is 1.34. The number of sulfone groups is 1. The van der Waals surface area contributed by atoms with Gasteiger partial charge < -0.3 is 9.52 Å². The lowest BCUT2D eigenvalue weighted by Crippen LogP contribution is -2.16. The quantitative estimate of drug-likeness (QED) is 0.631. The lowest BCUT2D eigenvalue weighted by Gasteiger charge is -2.06. The maximum atomic E-state index is 12.7. The van der Waals surface area contributed by atoms with Gasteiger partial charge in [-0.3, -0.25) is 0 Å². The van der Waals surface area contributed by atoms with Crippen molar-refractivity contribution in [1.82, 2.24) is 9.97 Å². The van der Waals surface area contributed by atoms with Crippen LogP contribution in [0.3, 0.4) is 0 Å². The van der Waals surface area contributed by atoms with Crippen molar-refractivity contribution in [3.63, 3.8) is 0 Å². The van der Waals surface area contributed by atoms with Gasteiger partial charge in [0.15, 0.2) is 26.2 Å². The SMILES string of the molecule is CCS(=O)(=O)c1cc(C(=O)O)cnc1-c1nc2cc(S(=O)C(F)(F)F)ccc2o1. The smallest absolute Gasteiger partial charge is 0.475 e. The first kappa shape index (κ1) is 20.9. The van der Waals surface area contributed by atoms with E-state index in [-0.39, 0.29) is 34.0 Å². The van der Waals surface area contributed by atoms with Gasteiger partial charge in [-0.2, -0.15) is 13.2 Å². The highest BCUT2D eigenvalue weighted by molar-refractivity contribution is 7.91. The summed E-state index contributed by atoms with van der Waals surface area (Å²) in [6.07, 6.45) is 0.908. The number of carbonyl (C=O) groups is 1. The van der Waals surface area contributed by atoms with Crippen molar-refractivity contribution in [2.75, 3.05) is 5.75 Å². The number of hydrogen-bond acceptors (Lipinski definition) is 7. The first-order chi connectivity index (χ1) is 13.4. The molecule has 0 radical (unpaired) electrons. The number of pyridine rings is 1. The molecule has 13 heteroatoms. The highest BCUT2D eigenvalue weighted by Crippen LogP contribution is 2.32. The molecule has 8 nitrogen and oxygen atoms in total. The fourth-order valence-corrected chi connectivity index (χ4v) is 4.10. The van der Waals surface area contributed by atoms with E-state index in [1.807, 2.05) is 0 Å². The van der Waals surface area contributed by atoms with Gasteiger partial charge in [-0.15, -0.1) is 0 Å². The molecule has 0 bridgehead atoms. The average Bonchev–Trinajstić information content (AvgIpc) is 3.09. The number of benzene rings is 1. The molecule has 0 amide bonds. The molecule has 1 aromatic carbocycles. The van der Waals surface area contributed by atoms with Crippen molar-refractivity contribution >= 4 is 37.7 Å². The van der Waals surface area contributed by atoms with Gasteiger partial charge in [0.05, 0.1) is 21.1 Å². The molecule has 1 atom stereocenters. The Bertz CT molecular complexity index is 1250. The van der Waals surface area contributed by atoms with Crippen molar-refractivity contribution in [3.8, 4) is 11.6 Å². The van der Waals surface area contributed by atoms with Crippen LogP contribution in [-0.4, -0.2) is 44.9 Å². The second-order valence-corrected chi connectivity index (χ2v) is 9.36. The second-order valence-electron chi connectivity index (χ2n) is 5.64. The van der Waals surface area contributed by atoms with Crippen molar-refractivity contribution in [1.29, 1.82) is 0 Å². The maximum Gasteiger partial charge on any atom is 0.475 e. The van der Waals surface area contributed by atoms with Gasteiger partial charge in [0.1, 0.15) is 11.2 Å². The number of hydrogen-bond donors (Lipinski definition) is 1. The third kappa shape index (κ3) is 4.00. The standard InChI is InChI=1S/C16H11F3N2O6S2/c1-2-29(25,26)12-5-8(15(22)23)7-20-13(12)14-21-10-6-9(3-4-11(10)27-14)28(24)16(17,18)19/h3-7H,2H2,1H3,(H,22,23). The number of rotatable bonds is 5. The summed E-state index contributed by atoms with van der Waals surface area (Å²) in [5, 5.41) is 9.08. The van der Waals surface area contributed by atoms with Crippen LogP contribution < -0.4 is 0 Å². The van der Waals surface area contributed by atoms with Gasteiger partial charge >= 0.3 is 11.5 Å². The summed E-state index contributed by atoms with van der Waals surface area (Å²) in [5.74, 6) is -2.09. The maximum absolute atomic E-state index is 12.7. The fraction of sp³-hybridized carbons (Fsp3) is 0.188. The van der Waals surface area contributed by atoms with E-state index in [2.05, 4.69) is 9.97 Å². The minimum Gasteiger partial charge on any atom is -0.478 e. The fourth-order valence-electron chi connectivity index (χ4n) is 2.37. The molecule has 0 fully saturated rings. The zero-order valence-corrected chi connectivity index (χ0v) is 16.1. The molecule has 2 aromatic heterocycles. The number of aromatic nitrogens is 2. The average molecular weight is 448 g/mol. The Balaban J connectivity index is 2.18. The number of carboxylic acids is 1. The third-order valence-corrected chi connectivity index (χ3v) is 6.64. The number of fused-ring (bicyclic) bond motifs is 1. The van der Waals surface area contributed by atoms with Crippen molar-refractivity contribution in [3.05, 3.63) is 36.0 Å². The molecule has 3 aromatic rings. The molecule has 2 heterocycles. The minimum atomic E-state index is -4.96. The zero-order chi connectivity index (χ0) is 21.6. The molecule has 3 rings (SSSR count). The van der Waals surface area contributed by atoms with Crippen molar-refractivity contribution < 1.29 is 40.1 Å². The van der Waals surface area contributed by atoms with Crippen LogP contribution in [-0.2, 0) is 20.6 Å². The predicted molar refractivity (Wildman–Crippen MR) is 94.4 cm³/mol. The topological polar surface area (TPSA) is 127 Å². The Labute approximate surface area is 163 Å². The Morgan fingerprint density at radius 1 is 1.28 bits per heavy atom. The predicted octanol–water partition coefficient (Wildman–Crippen LogP) is 3.01. The number of alkyl halides is 3. The van der Waals surface area contributed by atoms with E-state index in [4.69, 9.17) is 9.52 Å². The lowest BCUT2D eigenvalue weighted by molar-refractivity contribution is -0.0384. The molecule has 0 aliphatic rings. The van der Waals surface area contributed by atoms with E-state index in [0.29, 0.717) is 0 Å². The first-order valence-electron chi connectivity index (χ1n) is 7.79. The number of carboxylic acid groups (broad SMARTS) is 1. The summed E-state index contributed by atoms with van der Waals surface area (Å²) < 4.78 is 79.6. The van der Waals surface area contributed by atoms with Gasteiger partial charge in [0.25, 0.3) is 0 Å². The minimum absolute atomic E-state index is 0.00637. The highest BCUT2D eigenvalue weighted by Gasteiger charge is 2.38. The van der Waals surface area contributed by atoms with Gasteiger partial charge in [-0.25, -0.2) is 27.4 Å². The molecule has 0 aliphatic carbocycles. The van der Waals surface area contributed by atoms with E-state index in [1.54, 1.807) is 0 Å². The van der Waals surface area contributed by atoms with Crippen LogP contribution in [0.25, 0.3) is 22.7 Å². The second kappa shape index (κ2) is 7.22. The molecular formula is C16H11F3N2O6S2. The molecule has 0 spiro atoms. The van der Waals surface area contributed by atoms with E-state index >= 15 is 0 Å². The van der Waals surface area contributed by atoms with E-state index in [9.17, 15) is 30.6 Å². The van der Waals surface area contributed by atoms with Crippen LogP contribution >= 0.6 is 0 Å². The van der Waals surface area contributed by atoms with Crippen molar-refractivity contribution in [2.45, 2.75) is 22.2 Å². The molecular weight excluding hydrogens is 437 g/mol. The number of aromatic carboxylic acids is 1. The van der Waals surface area contributed by atoms with Crippen LogP contribution in [0.2, 0.25) is 0 Å². The number of nitrogens with zero attached hydrogens (tertiary/aromatic N) is 2. The molecule has 0 aliphatic heterocycles. The normalized spacial score (nSPS) is 13.5. The van der Waals surface area contributed by atoms with E-state index < -0.39 is 41.9 Å². The van der Waals surface area contributed by atoms with Gasteiger partial charge in [-0.1, -0.05) is 6.92 Å². The van der Waals surface area contributed by atoms with E-state index in [1.165, 1.54) is 6.92 Å². The first-order valence-corrected chi connectivity index (χ1v) is 10.6. The van der Waals surface area contributed by atoms with Gasteiger partial charge in [-0.05, 0) is 24.3 Å². The number of oxazole rings is 1. The highest BCUT2D eigenvalue weighted by atomic mass is 32.2. The van der Waals surface area contributed by atoms with E-state index in [0.717, 1.165) is 30.5 Å². The molecule has 1 N–H and O–H groups in total. The van der Waals surface area contributed by atoms with Crippen LogP contribution in [0, 0.1) is 0 Å². The van der Waals surface area contributed by atoms with Crippen LogP contribution in [0.5, 0.6) is 0 Å². The van der Waals surface area contributed by atoms with Crippen LogP contribution in [0.4, 0.5) is 13.2 Å². The Hall–Kier alpha value is -2.80. The molecule has 154 valence electrons. The van der Waals surface area contributed by atoms with Crippen molar-refractivity contribution in [2.24, 2.45) is 0 Å². The Kier molecular flexibility index (Phi) is 5.21. The molecule has 0 saturated carbocycles. The summed E-state index contributed by atoms with van der Waals surface area (Å²) in [7, 11) is -7.21.